The van der Waals surface area contributed by atoms with Crippen LogP contribution in [0.2, 0.25) is 0 Å². The molecule has 1 rings (SSSR count). The third kappa shape index (κ3) is 4.32. The molecule has 0 aliphatic heterocycles. The maximum absolute atomic E-state index is 12.5. The summed E-state index contributed by atoms with van der Waals surface area (Å²) in [5, 5.41) is 9.18. The van der Waals surface area contributed by atoms with E-state index in [1.165, 1.54) is 0 Å². The fraction of sp³-hybridized carbons (Fsp3) is 0.562. The first kappa shape index (κ1) is 16.7. The topological polar surface area (TPSA) is 66.6 Å². The molecule has 0 saturated carbocycles. The Morgan fingerprint density at radius 1 is 1.25 bits per heavy atom. The van der Waals surface area contributed by atoms with Crippen molar-refractivity contribution in [1.82, 2.24) is 4.90 Å². The van der Waals surface area contributed by atoms with Crippen LogP contribution in [0.4, 0.5) is 0 Å². The molecule has 1 aromatic carbocycles. The molecule has 0 fully saturated rings. The molecule has 0 atom stereocenters. The predicted octanol–water partition coefficient (Wildman–Crippen LogP) is 1.70. The monoisotopic (exact) mass is 278 g/mol. The van der Waals surface area contributed by atoms with E-state index in [1.807, 2.05) is 24.3 Å². The largest absolute Gasteiger partial charge is 0.395 e. The molecule has 3 N–H and O–H groups in total. The quantitative estimate of drug-likeness (QED) is 0.760. The van der Waals surface area contributed by atoms with Crippen LogP contribution in [0.15, 0.2) is 24.3 Å². The number of hydrogen-bond acceptors (Lipinski definition) is 3. The summed E-state index contributed by atoms with van der Waals surface area (Å²) in [6.07, 6.45) is 2.16. The molecule has 4 heteroatoms. The summed E-state index contributed by atoms with van der Waals surface area (Å²) in [4.78, 5) is 14.3. The highest BCUT2D eigenvalue weighted by Gasteiger charge is 2.21. The van der Waals surface area contributed by atoms with Crippen molar-refractivity contribution < 1.29 is 9.90 Å². The van der Waals surface area contributed by atoms with Crippen molar-refractivity contribution in [1.29, 1.82) is 0 Å². The number of aliphatic hydroxyl groups excluding tert-OH is 1. The minimum Gasteiger partial charge on any atom is -0.395 e. The van der Waals surface area contributed by atoms with Crippen molar-refractivity contribution in [2.24, 2.45) is 5.73 Å². The van der Waals surface area contributed by atoms with E-state index >= 15 is 0 Å². The summed E-state index contributed by atoms with van der Waals surface area (Å²) in [5.41, 5.74) is 7.70. The minimum atomic E-state index is 0.000770. The molecule has 0 radical (unpaired) electrons. The van der Waals surface area contributed by atoms with E-state index < -0.39 is 0 Å². The second-order valence-corrected chi connectivity index (χ2v) is 4.93. The Labute approximate surface area is 121 Å². The van der Waals surface area contributed by atoms with Crippen molar-refractivity contribution in [3.05, 3.63) is 35.4 Å². The molecule has 0 aromatic heterocycles. The first-order chi connectivity index (χ1) is 9.67. The van der Waals surface area contributed by atoms with Gasteiger partial charge in [-0.2, -0.15) is 0 Å². The maximum Gasteiger partial charge on any atom is 0.227 e. The fourth-order valence-electron chi connectivity index (χ4n) is 2.54. The number of carbonyl (C=O) groups excluding carboxylic acids is 1. The highest BCUT2D eigenvalue weighted by Crippen LogP contribution is 2.14. The van der Waals surface area contributed by atoms with Crippen LogP contribution in [0.25, 0.3) is 0 Å². The number of aliphatic hydroxyl groups is 1. The van der Waals surface area contributed by atoms with Crippen LogP contribution in [0.3, 0.4) is 0 Å². The smallest absolute Gasteiger partial charge is 0.227 e. The molecule has 4 nitrogen and oxygen atoms in total. The van der Waals surface area contributed by atoms with E-state index in [1.54, 1.807) is 4.90 Å². The van der Waals surface area contributed by atoms with Crippen LogP contribution in [0.5, 0.6) is 0 Å². The highest BCUT2D eigenvalue weighted by atomic mass is 16.3. The standard InChI is InChI=1S/C16H26N2O2/c1-3-15(4-2)18(9-10-19)16(20)11-13-7-5-6-8-14(13)12-17/h5-8,15,19H,3-4,9-12,17H2,1-2H3. The van der Waals surface area contributed by atoms with E-state index in [0.29, 0.717) is 19.5 Å². The molecule has 0 saturated heterocycles. The molecule has 20 heavy (non-hydrogen) atoms. The lowest BCUT2D eigenvalue weighted by atomic mass is 10.0. The number of rotatable bonds is 8. The van der Waals surface area contributed by atoms with Crippen molar-refractivity contribution in [3.8, 4) is 0 Å². The van der Waals surface area contributed by atoms with Crippen LogP contribution in [-0.4, -0.2) is 35.1 Å². The van der Waals surface area contributed by atoms with E-state index in [2.05, 4.69) is 13.8 Å². The Bertz CT molecular complexity index is 417. The third-order valence-corrected chi connectivity index (χ3v) is 3.72. The van der Waals surface area contributed by atoms with Gasteiger partial charge in [-0.15, -0.1) is 0 Å². The van der Waals surface area contributed by atoms with E-state index in [4.69, 9.17) is 5.73 Å². The molecule has 0 unspecified atom stereocenters. The average molecular weight is 278 g/mol. The summed E-state index contributed by atoms with van der Waals surface area (Å²) < 4.78 is 0. The first-order valence-electron chi connectivity index (χ1n) is 7.35. The van der Waals surface area contributed by atoms with E-state index in [0.717, 1.165) is 24.0 Å². The van der Waals surface area contributed by atoms with Crippen LogP contribution in [0, 0.1) is 0 Å². The number of hydrogen-bond donors (Lipinski definition) is 2. The Kier molecular flexibility index (Phi) is 7.26. The van der Waals surface area contributed by atoms with Crippen molar-refractivity contribution in [2.75, 3.05) is 13.2 Å². The molecule has 112 valence electrons. The number of amides is 1. The van der Waals surface area contributed by atoms with Gasteiger partial charge >= 0.3 is 0 Å². The highest BCUT2D eigenvalue weighted by molar-refractivity contribution is 5.79. The summed E-state index contributed by atoms with van der Waals surface area (Å²) in [6.45, 7) is 4.98. The normalized spacial score (nSPS) is 10.8. The van der Waals surface area contributed by atoms with Gasteiger partial charge in [0.1, 0.15) is 0 Å². The SMILES string of the molecule is CCC(CC)N(CCO)C(=O)Cc1ccccc1CN. The Hall–Kier alpha value is -1.39. The molecule has 0 heterocycles. The van der Waals surface area contributed by atoms with Gasteiger partial charge < -0.3 is 15.7 Å². The van der Waals surface area contributed by atoms with Gasteiger partial charge in [0.05, 0.1) is 13.0 Å². The second-order valence-electron chi connectivity index (χ2n) is 4.93. The maximum atomic E-state index is 12.5. The van der Waals surface area contributed by atoms with Gasteiger partial charge in [0.2, 0.25) is 5.91 Å². The summed E-state index contributed by atoms with van der Waals surface area (Å²) in [5.74, 6) is 0.0636. The van der Waals surface area contributed by atoms with Gasteiger partial charge in [-0.25, -0.2) is 0 Å². The molecule has 0 bridgehead atoms. The van der Waals surface area contributed by atoms with Crippen LogP contribution in [-0.2, 0) is 17.8 Å². The van der Waals surface area contributed by atoms with Gasteiger partial charge in [-0.05, 0) is 24.0 Å². The molecule has 1 aromatic rings. The summed E-state index contributed by atoms with van der Waals surface area (Å²) in [6, 6.07) is 7.96. The number of benzene rings is 1. The van der Waals surface area contributed by atoms with Crippen molar-refractivity contribution >= 4 is 5.91 Å². The third-order valence-electron chi connectivity index (χ3n) is 3.72. The number of nitrogens with two attached hydrogens (primary N) is 1. The molecule has 0 aliphatic rings. The van der Waals surface area contributed by atoms with Gasteiger partial charge in [-0.3, -0.25) is 4.79 Å². The fourth-order valence-corrected chi connectivity index (χ4v) is 2.54. The molecular weight excluding hydrogens is 252 g/mol. The average Bonchev–Trinajstić information content (AvgIpc) is 2.48. The Balaban J connectivity index is 2.85. The molecule has 0 aliphatic carbocycles. The van der Waals surface area contributed by atoms with Crippen LogP contribution < -0.4 is 5.73 Å². The molecule has 1 amide bonds. The van der Waals surface area contributed by atoms with Gasteiger partial charge in [0.15, 0.2) is 0 Å². The summed E-state index contributed by atoms with van der Waals surface area (Å²) >= 11 is 0. The zero-order chi connectivity index (χ0) is 15.0. The van der Waals surface area contributed by atoms with Crippen molar-refractivity contribution in [3.63, 3.8) is 0 Å². The molecule has 0 spiro atoms. The van der Waals surface area contributed by atoms with Gasteiger partial charge in [0, 0.05) is 19.1 Å². The summed E-state index contributed by atoms with van der Waals surface area (Å²) in [7, 11) is 0. The first-order valence-corrected chi connectivity index (χ1v) is 7.35. The Morgan fingerprint density at radius 2 is 1.85 bits per heavy atom. The lowest BCUT2D eigenvalue weighted by molar-refractivity contribution is -0.133. The lowest BCUT2D eigenvalue weighted by Crippen LogP contribution is -2.42. The lowest BCUT2D eigenvalue weighted by Gasteiger charge is -2.30. The number of nitrogens with zero attached hydrogens (tertiary/aromatic N) is 1. The van der Waals surface area contributed by atoms with Crippen LogP contribution >= 0.6 is 0 Å². The van der Waals surface area contributed by atoms with Gasteiger partial charge in [-0.1, -0.05) is 38.1 Å². The Morgan fingerprint density at radius 3 is 2.35 bits per heavy atom. The second kappa shape index (κ2) is 8.72. The van der Waals surface area contributed by atoms with Crippen LogP contribution in [0.1, 0.15) is 37.8 Å². The van der Waals surface area contributed by atoms with E-state index in [-0.39, 0.29) is 18.6 Å². The van der Waals surface area contributed by atoms with Crippen molar-refractivity contribution in [2.45, 2.75) is 45.7 Å². The zero-order valence-corrected chi connectivity index (χ0v) is 12.5. The predicted molar refractivity (Wildman–Crippen MR) is 81.2 cm³/mol. The zero-order valence-electron chi connectivity index (χ0n) is 12.5. The minimum absolute atomic E-state index is 0.000770. The number of carbonyl (C=O) groups is 1. The van der Waals surface area contributed by atoms with E-state index in [9.17, 15) is 9.90 Å². The molecular formula is C16H26N2O2. The van der Waals surface area contributed by atoms with Gasteiger partial charge in [0.25, 0.3) is 0 Å².